The highest BCUT2D eigenvalue weighted by atomic mass is 35.5. The molecule has 0 aliphatic rings. The molecule has 0 aliphatic carbocycles. The summed E-state index contributed by atoms with van der Waals surface area (Å²) in [4.78, 5) is 16.4. The predicted molar refractivity (Wildman–Crippen MR) is 76.6 cm³/mol. The van der Waals surface area contributed by atoms with Crippen LogP contribution in [0.4, 0.5) is 0 Å². The molecule has 0 unspecified atom stereocenters. The van der Waals surface area contributed by atoms with Gasteiger partial charge in [0.25, 0.3) is 5.91 Å². The molecule has 5 heteroatoms. The van der Waals surface area contributed by atoms with Crippen LogP contribution >= 0.6 is 11.6 Å². The fourth-order valence-electron chi connectivity index (χ4n) is 1.64. The second-order valence-electron chi connectivity index (χ2n) is 5.74. The first-order chi connectivity index (χ1) is 8.80. The molecule has 2 heterocycles. The predicted octanol–water partition coefficient (Wildman–Crippen LogP) is 3.15. The maximum absolute atomic E-state index is 12.3. The Morgan fingerprint density at radius 2 is 2.11 bits per heavy atom. The van der Waals surface area contributed by atoms with Crippen LogP contribution in [-0.4, -0.2) is 21.3 Å². The third-order valence-electron chi connectivity index (χ3n) is 3.35. The summed E-state index contributed by atoms with van der Waals surface area (Å²) in [5.74, 6) is 0.104. The number of rotatable bonds is 2. The Labute approximate surface area is 117 Å². The zero-order valence-electron chi connectivity index (χ0n) is 11.6. The molecule has 1 amide bonds. The number of fused-ring (bicyclic) bond motifs is 1. The Morgan fingerprint density at radius 1 is 1.42 bits per heavy atom. The van der Waals surface area contributed by atoms with Gasteiger partial charge in [-0.2, -0.15) is 0 Å². The van der Waals surface area contributed by atoms with E-state index < -0.39 is 0 Å². The molecule has 102 valence electrons. The van der Waals surface area contributed by atoms with E-state index in [-0.39, 0.29) is 17.4 Å². The van der Waals surface area contributed by atoms with Gasteiger partial charge < -0.3 is 5.32 Å². The van der Waals surface area contributed by atoms with Gasteiger partial charge in [-0.3, -0.25) is 9.20 Å². The van der Waals surface area contributed by atoms with E-state index in [2.05, 4.69) is 31.1 Å². The van der Waals surface area contributed by atoms with Crippen LogP contribution in [0.2, 0.25) is 5.15 Å². The molecule has 19 heavy (non-hydrogen) atoms. The van der Waals surface area contributed by atoms with E-state index in [4.69, 9.17) is 11.6 Å². The van der Waals surface area contributed by atoms with Gasteiger partial charge in [0.15, 0.2) is 5.15 Å². The number of hydrogen-bond donors (Lipinski definition) is 1. The molecule has 0 fully saturated rings. The quantitative estimate of drug-likeness (QED) is 0.918. The molecule has 1 atom stereocenters. The molecule has 0 aliphatic heterocycles. The third kappa shape index (κ3) is 2.73. The summed E-state index contributed by atoms with van der Waals surface area (Å²) in [5, 5.41) is 3.30. The summed E-state index contributed by atoms with van der Waals surface area (Å²) in [6.45, 7) is 8.22. The Hall–Kier alpha value is -1.55. The van der Waals surface area contributed by atoms with Crippen LogP contribution in [0.3, 0.4) is 0 Å². The third-order valence-corrected chi connectivity index (χ3v) is 3.63. The lowest BCUT2D eigenvalue weighted by Gasteiger charge is -2.27. The van der Waals surface area contributed by atoms with Gasteiger partial charge in [-0.1, -0.05) is 38.4 Å². The van der Waals surface area contributed by atoms with E-state index >= 15 is 0 Å². The van der Waals surface area contributed by atoms with Gasteiger partial charge in [0, 0.05) is 12.2 Å². The number of aromatic nitrogens is 2. The molecule has 0 aromatic carbocycles. The van der Waals surface area contributed by atoms with E-state index in [0.717, 1.165) is 5.52 Å². The Kier molecular flexibility index (Phi) is 3.54. The van der Waals surface area contributed by atoms with Crippen LogP contribution in [0.25, 0.3) is 5.52 Å². The van der Waals surface area contributed by atoms with Crippen molar-refractivity contribution < 1.29 is 4.79 Å². The fraction of sp³-hybridized carbons (Fsp3) is 0.429. The number of imidazole rings is 1. The van der Waals surface area contributed by atoms with Crippen LogP contribution in [0.5, 0.6) is 0 Å². The average molecular weight is 280 g/mol. The van der Waals surface area contributed by atoms with E-state index in [1.807, 2.05) is 25.1 Å². The van der Waals surface area contributed by atoms with Crippen LogP contribution in [0.1, 0.15) is 38.3 Å². The van der Waals surface area contributed by atoms with Crippen molar-refractivity contribution in [1.29, 1.82) is 0 Å². The number of hydrogen-bond acceptors (Lipinski definition) is 2. The molecule has 0 spiro atoms. The second kappa shape index (κ2) is 4.85. The van der Waals surface area contributed by atoms with Crippen molar-refractivity contribution in [3.63, 3.8) is 0 Å². The molecular weight excluding hydrogens is 262 g/mol. The summed E-state index contributed by atoms with van der Waals surface area (Å²) >= 11 is 6.04. The van der Waals surface area contributed by atoms with Crippen LogP contribution in [0, 0.1) is 5.41 Å². The highest BCUT2D eigenvalue weighted by molar-refractivity contribution is 6.33. The number of carbonyl (C=O) groups is 1. The SMILES string of the molecule is C[C@H](NC(=O)c1nc(Cl)c2ccccn12)C(C)(C)C. The lowest BCUT2D eigenvalue weighted by Crippen LogP contribution is -2.42. The second-order valence-corrected chi connectivity index (χ2v) is 6.10. The monoisotopic (exact) mass is 279 g/mol. The van der Waals surface area contributed by atoms with Gasteiger partial charge in [-0.05, 0) is 24.5 Å². The molecule has 1 N–H and O–H groups in total. The number of nitrogens with one attached hydrogen (secondary N) is 1. The van der Waals surface area contributed by atoms with Gasteiger partial charge in [-0.25, -0.2) is 4.98 Å². The van der Waals surface area contributed by atoms with Crippen molar-refractivity contribution in [2.24, 2.45) is 5.41 Å². The average Bonchev–Trinajstić information content (AvgIpc) is 2.66. The van der Waals surface area contributed by atoms with Crippen molar-refractivity contribution in [3.05, 3.63) is 35.4 Å². The summed E-state index contributed by atoms with van der Waals surface area (Å²) in [7, 11) is 0. The first-order valence-electron chi connectivity index (χ1n) is 6.24. The number of carbonyl (C=O) groups excluding carboxylic acids is 1. The van der Waals surface area contributed by atoms with Crippen molar-refractivity contribution in [2.45, 2.75) is 33.7 Å². The topological polar surface area (TPSA) is 46.4 Å². The molecule has 4 nitrogen and oxygen atoms in total. The van der Waals surface area contributed by atoms with Gasteiger partial charge >= 0.3 is 0 Å². The maximum atomic E-state index is 12.3. The summed E-state index contributed by atoms with van der Waals surface area (Å²) < 4.78 is 1.70. The minimum absolute atomic E-state index is 0.00742. The van der Waals surface area contributed by atoms with E-state index in [1.165, 1.54) is 0 Å². The first kappa shape index (κ1) is 13.9. The van der Waals surface area contributed by atoms with E-state index in [9.17, 15) is 4.79 Å². The Morgan fingerprint density at radius 3 is 2.74 bits per heavy atom. The standard InChI is InChI=1S/C14H18ClN3O/c1-9(14(2,3)4)16-13(19)12-17-11(15)10-7-5-6-8-18(10)12/h5-9H,1-4H3,(H,16,19)/t9-/m0/s1. The lowest BCUT2D eigenvalue weighted by atomic mass is 9.88. The first-order valence-corrected chi connectivity index (χ1v) is 6.62. The summed E-state index contributed by atoms with van der Waals surface area (Å²) in [6, 6.07) is 5.58. The van der Waals surface area contributed by atoms with Crippen molar-refractivity contribution in [3.8, 4) is 0 Å². The minimum atomic E-state index is -0.212. The molecule has 0 saturated heterocycles. The molecule has 2 aromatic rings. The van der Waals surface area contributed by atoms with Crippen LogP contribution < -0.4 is 5.32 Å². The molecule has 2 aromatic heterocycles. The van der Waals surface area contributed by atoms with Gasteiger partial charge in [0.1, 0.15) is 0 Å². The summed E-state index contributed by atoms with van der Waals surface area (Å²) in [5.41, 5.74) is 0.727. The lowest BCUT2D eigenvalue weighted by molar-refractivity contribution is 0.0899. The van der Waals surface area contributed by atoms with Gasteiger partial charge in [0.05, 0.1) is 5.52 Å². The highest BCUT2D eigenvalue weighted by Crippen LogP contribution is 2.20. The number of amides is 1. The molecular formula is C14H18ClN3O. The maximum Gasteiger partial charge on any atom is 0.287 e. The summed E-state index contributed by atoms with van der Waals surface area (Å²) in [6.07, 6.45) is 1.78. The normalized spacial score (nSPS) is 13.5. The van der Waals surface area contributed by atoms with Crippen molar-refractivity contribution >= 4 is 23.0 Å². The molecule has 2 rings (SSSR count). The van der Waals surface area contributed by atoms with Crippen molar-refractivity contribution in [1.82, 2.24) is 14.7 Å². The zero-order chi connectivity index (χ0) is 14.2. The van der Waals surface area contributed by atoms with E-state index in [1.54, 1.807) is 10.6 Å². The van der Waals surface area contributed by atoms with Crippen molar-refractivity contribution in [2.75, 3.05) is 0 Å². The van der Waals surface area contributed by atoms with E-state index in [0.29, 0.717) is 11.0 Å². The zero-order valence-corrected chi connectivity index (χ0v) is 12.3. The Balaban J connectivity index is 2.33. The molecule has 0 radical (unpaired) electrons. The largest absolute Gasteiger partial charge is 0.346 e. The molecule has 0 bridgehead atoms. The highest BCUT2D eigenvalue weighted by Gasteiger charge is 2.24. The number of pyridine rings is 1. The van der Waals surface area contributed by atoms with Gasteiger partial charge in [0.2, 0.25) is 5.82 Å². The number of halogens is 1. The van der Waals surface area contributed by atoms with Crippen LogP contribution in [-0.2, 0) is 0 Å². The minimum Gasteiger partial charge on any atom is -0.346 e. The van der Waals surface area contributed by atoms with Crippen LogP contribution in [0.15, 0.2) is 24.4 Å². The Bertz CT molecular complexity index is 613. The smallest absolute Gasteiger partial charge is 0.287 e. The number of nitrogens with zero attached hydrogens (tertiary/aromatic N) is 2. The fourth-order valence-corrected chi connectivity index (χ4v) is 1.87. The molecule has 0 saturated carbocycles. The van der Waals surface area contributed by atoms with Gasteiger partial charge in [-0.15, -0.1) is 0 Å².